The number of nitrogen functional groups attached to an aromatic ring is 1. The number of nitrogens with zero attached hydrogens (tertiary/aromatic N) is 4. The fourth-order valence-electron chi connectivity index (χ4n) is 4.44. The number of likely N-dealkylation sites (N-methyl/N-ethyl adjacent to an activating group) is 1. The molecule has 150 valence electrons. The molecule has 4 heterocycles. The monoisotopic (exact) mass is 392 g/mol. The van der Waals surface area contributed by atoms with E-state index in [1.54, 1.807) is 0 Å². The summed E-state index contributed by atoms with van der Waals surface area (Å²) in [5, 5.41) is 12.8. The van der Waals surface area contributed by atoms with E-state index in [1.165, 1.54) is 0 Å². The average Bonchev–Trinajstić information content (AvgIpc) is 3.24. The third-order valence-corrected chi connectivity index (χ3v) is 5.91. The van der Waals surface area contributed by atoms with Gasteiger partial charge < -0.3 is 15.1 Å². The van der Waals surface area contributed by atoms with Gasteiger partial charge in [-0.3, -0.25) is 9.48 Å². The average molecular weight is 392 g/mol. The first-order valence-electron chi connectivity index (χ1n) is 9.89. The molecule has 3 aromatic heterocycles. The number of rotatable bonds is 2. The maximum atomic E-state index is 12.5. The van der Waals surface area contributed by atoms with Gasteiger partial charge >= 0.3 is 0 Å². The van der Waals surface area contributed by atoms with Crippen molar-refractivity contribution in [1.82, 2.24) is 24.9 Å². The van der Waals surface area contributed by atoms with Gasteiger partial charge in [-0.2, -0.15) is 10.2 Å². The summed E-state index contributed by atoms with van der Waals surface area (Å²) < 4.78 is 8.23. The Labute approximate surface area is 167 Å². The largest absolute Gasteiger partial charge is 0.454 e. The lowest BCUT2D eigenvalue weighted by Gasteiger charge is -2.30. The molecule has 0 saturated carbocycles. The van der Waals surface area contributed by atoms with Gasteiger partial charge in [0.25, 0.3) is 5.56 Å². The molecule has 0 spiro atoms. The van der Waals surface area contributed by atoms with Gasteiger partial charge in [0.1, 0.15) is 11.3 Å². The van der Waals surface area contributed by atoms with Crippen LogP contribution in [0.5, 0.6) is 0 Å². The van der Waals surface area contributed by atoms with Crippen LogP contribution in [0.2, 0.25) is 0 Å². The lowest BCUT2D eigenvalue weighted by molar-refractivity contribution is 0.204. The molecule has 1 fully saturated rings. The number of H-pyrrole nitrogens is 1. The molecule has 1 aliphatic heterocycles. The molecule has 1 unspecified atom stereocenters. The maximum absolute atomic E-state index is 12.5. The Kier molecular flexibility index (Phi) is 3.99. The fourth-order valence-corrected chi connectivity index (χ4v) is 4.44. The van der Waals surface area contributed by atoms with Crippen LogP contribution in [0.4, 0.5) is 5.82 Å². The number of aryl methyl sites for hydroxylation is 2. The van der Waals surface area contributed by atoms with E-state index in [9.17, 15) is 4.79 Å². The predicted octanol–water partition coefficient (Wildman–Crippen LogP) is 3.00. The van der Waals surface area contributed by atoms with Gasteiger partial charge in [0.2, 0.25) is 0 Å². The maximum Gasteiger partial charge on any atom is 0.292 e. The van der Waals surface area contributed by atoms with Crippen molar-refractivity contribution in [2.75, 3.05) is 25.9 Å². The first kappa shape index (κ1) is 17.9. The number of hydrogen-bond acceptors (Lipinski definition) is 6. The molecule has 1 aromatic carbocycles. The van der Waals surface area contributed by atoms with E-state index in [1.807, 2.05) is 23.7 Å². The van der Waals surface area contributed by atoms with Crippen LogP contribution in [-0.2, 0) is 0 Å². The smallest absolute Gasteiger partial charge is 0.292 e. The molecule has 0 amide bonds. The predicted molar refractivity (Wildman–Crippen MR) is 113 cm³/mol. The molecule has 1 saturated heterocycles. The van der Waals surface area contributed by atoms with Gasteiger partial charge in [0.15, 0.2) is 17.1 Å². The highest BCUT2D eigenvalue weighted by Gasteiger charge is 2.29. The molecule has 0 aliphatic carbocycles. The van der Waals surface area contributed by atoms with Gasteiger partial charge in [-0.05, 0) is 52.4 Å². The van der Waals surface area contributed by atoms with Gasteiger partial charge in [0.05, 0.1) is 11.4 Å². The molecule has 1 atom stereocenters. The molecule has 0 radical (unpaired) electrons. The molecule has 8 heteroatoms. The molecular formula is C21H24N6O2. The van der Waals surface area contributed by atoms with Crippen LogP contribution in [-0.4, -0.2) is 45.0 Å². The van der Waals surface area contributed by atoms with Crippen LogP contribution in [0.15, 0.2) is 27.4 Å². The Morgan fingerprint density at radius 3 is 2.93 bits per heavy atom. The van der Waals surface area contributed by atoms with Crippen molar-refractivity contribution >= 4 is 27.7 Å². The number of aromatic nitrogens is 4. The van der Waals surface area contributed by atoms with Crippen LogP contribution in [0, 0.1) is 13.8 Å². The van der Waals surface area contributed by atoms with Crippen molar-refractivity contribution in [3.8, 4) is 11.5 Å². The van der Waals surface area contributed by atoms with Gasteiger partial charge in [-0.15, -0.1) is 0 Å². The fraction of sp³-hybridized carbons (Fsp3) is 0.381. The third kappa shape index (κ3) is 2.74. The molecule has 8 nitrogen and oxygen atoms in total. The van der Waals surface area contributed by atoms with Gasteiger partial charge in [0, 0.05) is 17.5 Å². The minimum Gasteiger partial charge on any atom is -0.454 e. The molecular weight excluding hydrogens is 368 g/mol. The summed E-state index contributed by atoms with van der Waals surface area (Å²) in [4.78, 5) is 14.8. The number of likely N-dealkylation sites (tertiary alicyclic amines) is 1. The number of aromatic amines is 1. The number of hydrogen-bond donors (Lipinski definition) is 2. The topological polar surface area (TPSA) is 106 Å². The third-order valence-electron chi connectivity index (χ3n) is 5.91. The summed E-state index contributed by atoms with van der Waals surface area (Å²) in [6.45, 7) is 6.00. The number of benzene rings is 1. The Morgan fingerprint density at radius 1 is 1.31 bits per heavy atom. The highest BCUT2D eigenvalue weighted by atomic mass is 16.3. The second-order valence-corrected chi connectivity index (χ2v) is 8.07. The highest BCUT2D eigenvalue weighted by molar-refractivity contribution is 6.01. The number of nitrogens with two attached hydrogens (primary N) is 1. The van der Waals surface area contributed by atoms with E-state index >= 15 is 0 Å². The van der Waals surface area contributed by atoms with Crippen molar-refractivity contribution in [3.63, 3.8) is 0 Å². The number of furan rings is 1. The summed E-state index contributed by atoms with van der Waals surface area (Å²) in [5.74, 6) is 0.946. The molecule has 4 aromatic rings. The number of nitrogens with one attached hydrogen (secondary N) is 1. The quantitative estimate of drug-likeness (QED) is 0.543. The van der Waals surface area contributed by atoms with Gasteiger partial charge in [-0.1, -0.05) is 11.6 Å². The summed E-state index contributed by atoms with van der Waals surface area (Å²) in [5.41, 5.74) is 9.89. The zero-order chi connectivity index (χ0) is 20.3. The Bertz CT molecular complexity index is 1300. The van der Waals surface area contributed by atoms with E-state index in [0.29, 0.717) is 16.7 Å². The Morgan fingerprint density at radius 2 is 2.14 bits per heavy atom. The van der Waals surface area contributed by atoms with Crippen molar-refractivity contribution in [2.45, 2.75) is 32.7 Å². The van der Waals surface area contributed by atoms with Crippen molar-refractivity contribution in [2.24, 2.45) is 0 Å². The molecule has 1 aliphatic rings. The van der Waals surface area contributed by atoms with Crippen LogP contribution in [0.3, 0.4) is 0 Å². The molecule has 3 N–H and O–H groups in total. The lowest BCUT2D eigenvalue weighted by atomic mass is 10.0. The first-order chi connectivity index (χ1) is 13.9. The summed E-state index contributed by atoms with van der Waals surface area (Å²) in [7, 11) is 2.10. The van der Waals surface area contributed by atoms with Crippen LogP contribution < -0.4 is 11.3 Å². The minimum atomic E-state index is -0.344. The number of piperidine rings is 1. The molecule has 0 bridgehead atoms. The normalized spacial score (nSPS) is 18.1. The van der Waals surface area contributed by atoms with Gasteiger partial charge in [-0.25, -0.2) is 5.10 Å². The van der Waals surface area contributed by atoms with E-state index in [4.69, 9.17) is 15.2 Å². The number of anilines is 1. The van der Waals surface area contributed by atoms with E-state index in [0.717, 1.165) is 53.7 Å². The molecule has 5 rings (SSSR count). The Hall–Kier alpha value is -3.13. The zero-order valence-electron chi connectivity index (χ0n) is 16.8. The SMILES string of the molecule is Cc1ccc2oc(-c3c4c(N)n[nH]c(=O)c4nn3C3CCCN(C)C3)c(C)c2c1. The van der Waals surface area contributed by atoms with Crippen molar-refractivity contribution < 1.29 is 4.42 Å². The van der Waals surface area contributed by atoms with E-state index in [-0.39, 0.29) is 17.4 Å². The summed E-state index contributed by atoms with van der Waals surface area (Å²) in [6.07, 6.45) is 2.05. The second-order valence-electron chi connectivity index (χ2n) is 8.07. The van der Waals surface area contributed by atoms with E-state index in [2.05, 4.69) is 35.1 Å². The van der Waals surface area contributed by atoms with Crippen LogP contribution in [0.1, 0.15) is 30.0 Å². The highest BCUT2D eigenvalue weighted by Crippen LogP contribution is 2.40. The van der Waals surface area contributed by atoms with Crippen LogP contribution in [0.25, 0.3) is 33.3 Å². The summed E-state index contributed by atoms with van der Waals surface area (Å²) in [6, 6.07) is 6.25. The minimum absolute atomic E-state index is 0.129. The Balaban J connectivity index is 1.84. The van der Waals surface area contributed by atoms with Crippen LogP contribution >= 0.6 is 0 Å². The zero-order valence-corrected chi connectivity index (χ0v) is 16.8. The van der Waals surface area contributed by atoms with Crippen molar-refractivity contribution in [1.29, 1.82) is 0 Å². The second kappa shape index (κ2) is 6.45. The first-order valence-corrected chi connectivity index (χ1v) is 9.89. The summed E-state index contributed by atoms with van der Waals surface area (Å²) >= 11 is 0. The standard InChI is InChI=1S/C21H24N6O2/c1-11-6-7-15-14(9-11)12(2)19(29-15)18-16-17(21(28)24-23-20(16)22)25-27(18)13-5-4-8-26(3)10-13/h6-7,9,13H,4-5,8,10H2,1-3H3,(H2,22,23)(H,24,28). The van der Waals surface area contributed by atoms with Crippen molar-refractivity contribution in [3.05, 3.63) is 39.7 Å². The molecule has 29 heavy (non-hydrogen) atoms. The lowest BCUT2D eigenvalue weighted by Crippen LogP contribution is -2.34. The van der Waals surface area contributed by atoms with E-state index < -0.39 is 0 Å². The number of fused-ring (bicyclic) bond motifs is 2.